The number of ether oxygens (including phenoxy) is 2. The number of methoxy groups -OCH3 is 1. The van der Waals surface area contributed by atoms with Gasteiger partial charge >= 0.3 is 5.97 Å². The van der Waals surface area contributed by atoms with Crippen LogP contribution in [-0.2, 0) is 15.9 Å². The molecule has 0 saturated carbocycles. The van der Waals surface area contributed by atoms with Crippen LogP contribution in [0.4, 0.5) is 0 Å². The Morgan fingerprint density at radius 2 is 2.24 bits per heavy atom. The summed E-state index contributed by atoms with van der Waals surface area (Å²) in [6, 6.07) is 3.96. The van der Waals surface area contributed by atoms with Crippen molar-refractivity contribution in [3.8, 4) is 0 Å². The van der Waals surface area contributed by atoms with Gasteiger partial charge in [-0.2, -0.15) is 5.10 Å². The Morgan fingerprint density at radius 1 is 1.43 bits per heavy atom. The second-order valence-electron chi connectivity index (χ2n) is 5.17. The van der Waals surface area contributed by atoms with Gasteiger partial charge in [0.15, 0.2) is 0 Å². The number of rotatable bonds is 4. The molecule has 0 spiro atoms. The highest BCUT2D eigenvalue weighted by atomic mass is 16.5. The molecule has 1 saturated heterocycles. The van der Waals surface area contributed by atoms with Gasteiger partial charge in [-0.1, -0.05) is 0 Å². The first kappa shape index (κ1) is 14.0. The number of nitrogens with one attached hydrogen (secondary N) is 1. The van der Waals surface area contributed by atoms with E-state index in [1.165, 1.54) is 7.11 Å². The van der Waals surface area contributed by atoms with Crippen LogP contribution in [0.3, 0.4) is 0 Å². The van der Waals surface area contributed by atoms with Crippen LogP contribution in [0, 0.1) is 0 Å². The Hall–Kier alpha value is -1.92. The lowest BCUT2D eigenvalue weighted by atomic mass is 10.0. The standard InChI is InChI=1S/C15H19N3O3/c1-20-15(19)12-8-11(9-14-13(12)10-16-17-14)2-3-18-4-6-21-7-5-18/h8-10H,2-7H2,1H3,(H,16,17). The van der Waals surface area contributed by atoms with Crippen LogP contribution in [0.2, 0.25) is 0 Å². The van der Waals surface area contributed by atoms with E-state index in [0.29, 0.717) is 5.56 Å². The number of fused-ring (bicyclic) bond motifs is 1. The normalized spacial score (nSPS) is 16.2. The fourth-order valence-electron chi connectivity index (χ4n) is 2.65. The number of carbonyl (C=O) groups is 1. The number of nitrogens with zero attached hydrogens (tertiary/aromatic N) is 2. The SMILES string of the molecule is COC(=O)c1cc(CCN2CCOCC2)cc2[nH]ncc12. The zero-order chi connectivity index (χ0) is 14.7. The van der Waals surface area contributed by atoms with Gasteiger partial charge in [-0.3, -0.25) is 10.00 Å². The molecule has 1 fully saturated rings. The Bertz CT molecular complexity index is 632. The van der Waals surface area contributed by atoms with Crippen molar-refractivity contribution in [2.24, 2.45) is 0 Å². The number of morpholine rings is 1. The van der Waals surface area contributed by atoms with Gasteiger partial charge in [0.2, 0.25) is 0 Å². The number of carbonyl (C=O) groups excluding carboxylic acids is 1. The minimum absolute atomic E-state index is 0.324. The highest BCUT2D eigenvalue weighted by Gasteiger charge is 2.15. The molecule has 1 aromatic heterocycles. The molecule has 0 unspecified atom stereocenters. The van der Waals surface area contributed by atoms with Crippen LogP contribution in [0.25, 0.3) is 10.9 Å². The topological polar surface area (TPSA) is 67.4 Å². The average Bonchev–Trinajstić information content (AvgIpc) is 3.00. The van der Waals surface area contributed by atoms with E-state index >= 15 is 0 Å². The summed E-state index contributed by atoms with van der Waals surface area (Å²) in [6.45, 7) is 4.50. The molecule has 6 heteroatoms. The number of hydrogen-bond acceptors (Lipinski definition) is 5. The monoisotopic (exact) mass is 289 g/mol. The first-order valence-corrected chi connectivity index (χ1v) is 7.12. The van der Waals surface area contributed by atoms with Gasteiger partial charge in [0.25, 0.3) is 0 Å². The second-order valence-corrected chi connectivity index (χ2v) is 5.17. The predicted octanol–water partition coefficient (Wildman–Crippen LogP) is 1.22. The maximum atomic E-state index is 11.9. The van der Waals surface area contributed by atoms with Gasteiger partial charge in [0.05, 0.1) is 37.6 Å². The Morgan fingerprint density at radius 3 is 3.00 bits per heavy atom. The van der Waals surface area contributed by atoms with Crippen molar-refractivity contribution in [2.75, 3.05) is 40.0 Å². The van der Waals surface area contributed by atoms with Crippen LogP contribution in [-0.4, -0.2) is 61.0 Å². The van der Waals surface area contributed by atoms with Crippen LogP contribution in [0.15, 0.2) is 18.3 Å². The average molecular weight is 289 g/mol. The van der Waals surface area contributed by atoms with Crippen LogP contribution in [0.5, 0.6) is 0 Å². The Kier molecular flexibility index (Phi) is 4.17. The van der Waals surface area contributed by atoms with Crippen molar-refractivity contribution in [2.45, 2.75) is 6.42 Å². The fourth-order valence-corrected chi connectivity index (χ4v) is 2.65. The quantitative estimate of drug-likeness (QED) is 0.857. The third-order valence-corrected chi connectivity index (χ3v) is 3.84. The number of benzene rings is 1. The fraction of sp³-hybridized carbons (Fsp3) is 0.467. The molecule has 3 rings (SSSR count). The van der Waals surface area contributed by atoms with E-state index in [4.69, 9.17) is 9.47 Å². The maximum absolute atomic E-state index is 11.9. The van der Waals surface area contributed by atoms with Gasteiger partial charge in [-0.15, -0.1) is 0 Å². The maximum Gasteiger partial charge on any atom is 0.338 e. The highest BCUT2D eigenvalue weighted by Crippen LogP contribution is 2.20. The summed E-state index contributed by atoms with van der Waals surface area (Å²) in [6.07, 6.45) is 2.55. The largest absolute Gasteiger partial charge is 0.465 e. The second kappa shape index (κ2) is 6.24. The van der Waals surface area contributed by atoms with Gasteiger partial charge < -0.3 is 9.47 Å². The number of esters is 1. The van der Waals surface area contributed by atoms with Crippen LogP contribution < -0.4 is 0 Å². The lowest BCUT2D eigenvalue weighted by molar-refractivity contribution is 0.0384. The third kappa shape index (κ3) is 3.06. The van der Waals surface area contributed by atoms with Gasteiger partial charge in [-0.05, 0) is 24.1 Å². The first-order valence-electron chi connectivity index (χ1n) is 7.12. The summed E-state index contributed by atoms with van der Waals surface area (Å²) in [7, 11) is 1.40. The lowest BCUT2D eigenvalue weighted by Gasteiger charge is -2.26. The molecule has 2 aromatic rings. The van der Waals surface area contributed by atoms with Crippen molar-refractivity contribution in [1.82, 2.24) is 15.1 Å². The minimum Gasteiger partial charge on any atom is -0.465 e. The van der Waals surface area contributed by atoms with Crippen LogP contribution >= 0.6 is 0 Å². The summed E-state index contributed by atoms with van der Waals surface area (Å²) in [4.78, 5) is 14.3. The Balaban J connectivity index is 1.79. The van der Waals surface area contributed by atoms with E-state index in [0.717, 1.165) is 55.7 Å². The van der Waals surface area contributed by atoms with E-state index in [1.54, 1.807) is 6.20 Å². The summed E-state index contributed by atoms with van der Waals surface area (Å²) < 4.78 is 10.2. The smallest absolute Gasteiger partial charge is 0.338 e. The summed E-state index contributed by atoms with van der Waals surface area (Å²) in [5.74, 6) is -0.324. The summed E-state index contributed by atoms with van der Waals surface area (Å²) in [5, 5.41) is 7.74. The predicted molar refractivity (Wildman–Crippen MR) is 78.4 cm³/mol. The molecule has 0 amide bonds. The molecule has 112 valence electrons. The number of aromatic amines is 1. The zero-order valence-electron chi connectivity index (χ0n) is 12.1. The van der Waals surface area contributed by atoms with E-state index in [-0.39, 0.29) is 5.97 Å². The molecule has 0 atom stereocenters. The van der Waals surface area contributed by atoms with E-state index < -0.39 is 0 Å². The van der Waals surface area contributed by atoms with E-state index in [2.05, 4.69) is 21.2 Å². The minimum atomic E-state index is -0.324. The molecular weight excluding hydrogens is 270 g/mol. The zero-order valence-corrected chi connectivity index (χ0v) is 12.1. The van der Waals surface area contributed by atoms with Crippen molar-refractivity contribution in [3.05, 3.63) is 29.5 Å². The molecular formula is C15H19N3O3. The van der Waals surface area contributed by atoms with Crippen molar-refractivity contribution in [1.29, 1.82) is 0 Å². The lowest BCUT2D eigenvalue weighted by Crippen LogP contribution is -2.37. The molecule has 1 N–H and O–H groups in total. The summed E-state index contributed by atoms with van der Waals surface area (Å²) >= 11 is 0. The highest BCUT2D eigenvalue weighted by molar-refractivity contribution is 6.03. The molecule has 1 aliphatic heterocycles. The van der Waals surface area contributed by atoms with Gasteiger partial charge in [0, 0.05) is 25.0 Å². The summed E-state index contributed by atoms with van der Waals surface area (Å²) in [5.41, 5.74) is 2.55. The van der Waals surface area contributed by atoms with Crippen LogP contribution in [0.1, 0.15) is 15.9 Å². The number of aromatic nitrogens is 2. The van der Waals surface area contributed by atoms with Crippen molar-refractivity contribution >= 4 is 16.9 Å². The van der Waals surface area contributed by atoms with Gasteiger partial charge in [0.1, 0.15) is 0 Å². The molecule has 2 heterocycles. The molecule has 21 heavy (non-hydrogen) atoms. The van der Waals surface area contributed by atoms with Crippen molar-refractivity contribution in [3.63, 3.8) is 0 Å². The Labute approximate surface area is 123 Å². The number of hydrogen-bond donors (Lipinski definition) is 1. The number of H-pyrrole nitrogens is 1. The molecule has 0 aliphatic carbocycles. The van der Waals surface area contributed by atoms with E-state index in [1.807, 2.05) is 6.07 Å². The molecule has 1 aromatic carbocycles. The molecule has 1 aliphatic rings. The molecule has 0 bridgehead atoms. The third-order valence-electron chi connectivity index (χ3n) is 3.84. The van der Waals surface area contributed by atoms with Crippen molar-refractivity contribution < 1.29 is 14.3 Å². The first-order chi connectivity index (χ1) is 10.3. The van der Waals surface area contributed by atoms with Gasteiger partial charge in [-0.25, -0.2) is 4.79 Å². The molecule has 6 nitrogen and oxygen atoms in total. The molecule has 0 radical (unpaired) electrons. The van der Waals surface area contributed by atoms with E-state index in [9.17, 15) is 4.79 Å².